The van der Waals surface area contributed by atoms with E-state index in [0.717, 1.165) is 29.2 Å². The minimum absolute atomic E-state index is 0.0671. The van der Waals surface area contributed by atoms with Crippen LogP contribution in [0.25, 0.3) is 0 Å². The van der Waals surface area contributed by atoms with Gasteiger partial charge in [-0.15, -0.1) is 0 Å². The Morgan fingerprint density at radius 3 is 3.04 bits per heavy atom. The third-order valence-electron chi connectivity index (χ3n) is 4.50. The zero-order valence-corrected chi connectivity index (χ0v) is 13.4. The molecule has 0 bridgehead atoms. The number of ether oxygens (including phenoxy) is 1. The second-order valence-electron chi connectivity index (χ2n) is 6.07. The number of anilines is 1. The van der Waals surface area contributed by atoms with E-state index in [2.05, 4.69) is 10.00 Å². The molecule has 0 spiro atoms. The molecule has 2 aliphatic heterocycles. The molecule has 2 aliphatic rings. The van der Waals surface area contributed by atoms with Gasteiger partial charge in [-0.05, 0) is 12.1 Å². The Labute approximate surface area is 140 Å². The first-order chi connectivity index (χ1) is 11.8. The van der Waals surface area contributed by atoms with Crippen molar-refractivity contribution in [3.63, 3.8) is 0 Å². The molecule has 0 aliphatic carbocycles. The third-order valence-corrected chi connectivity index (χ3v) is 4.50. The average molecular weight is 328 g/mol. The summed E-state index contributed by atoms with van der Waals surface area (Å²) in [5.74, 6) is 0.845. The number of carbonyl (C=O) groups excluding carboxylic acids is 1. The van der Waals surface area contributed by atoms with Crippen molar-refractivity contribution in [3.8, 4) is 5.75 Å². The maximum atomic E-state index is 12.8. The number of para-hydroxylation sites is 2. The number of hydrogen-bond acceptors (Lipinski definition) is 5. The number of carbonyl (C=O) groups is 1. The van der Waals surface area contributed by atoms with Crippen LogP contribution < -0.4 is 9.64 Å². The largest absolute Gasteiger partial charge is 0.490 e. The average Bonchev–Trinajstić information content (AvgIpc) is 3.16. The van der Waals surface area contributed by atoms with Crippen LogP contribution in [0.15, 0.2) is 30.5 Å². The van der Waals surface area contributed by atoms with Crippen LogP contribution in [0.3, 0.4) is 0 Å². The SMILES string of the molecule is O=C(CN1Cc2cnn(CCO)c2C1)N1CCOc2ccccc21. The minimum atomic E-state index is 0.0671. The molecular weight excluding hydrogens is 308 g/mol. The van der Waals surface area contributed by atoms with E-state index in [4.69, 9.17) is 9.84 Å². The Morgan fingerprint density at radius 2 is 2.17 bits per heavy atom. The molecule has 0 unspecified atom stereocenters. The Morgan fingerprint density at radius 1 is 1.29 bits per heavy atom. The normalized spacial score (nSPS) is 16.6. The summed E-state index contributed by atoms with van der Waals surface area (Å²) in [5.41, 5.74) is 3.08. The first-order valence-corrected chi connectivity index (χ1v) is 8.15. The fourth-order valence-corrected chi connectivity index (χ4v) is 3.38. The van der Waals surface area contributed by atoms with Crippen LogP contribution in [-0.4, -0.2) is 52.0 Å². The Kier molecular flexibility index (Phi) is 3.95. The number of fused-ring (bicyclic) bond motifs is 2. The standard InChI is InChI=1S/C17H20N4O3/c22-7-5-21-15-11-19(10-13(15)9-18-21)12-17(23)20-6-8-24-16-4-2-1-3-14(16)20/h1-4,9,22H,5-8,10-12H2. The highest BCUT2D eigenvalue weighted by molar-refractivity contribution is 5.96. The van der Waals surface area contributed by atoms with Crippen LogP contribution in [0.2, 0.25) is 0 Å². The number of rotatable bonds is 4. The van der Waals surface area contributed by atoms with Crippen molar-refractivity contribution in [2.24, 2.45) is 0 Å². The smallest absolute Gasteiger partial charge is 0.241 e. The van der Waals surface area contributed by atoms with E-state index >= 15 is 0 Å². The summed E-state index contributed by atoms with van der Waals surface area (Å²) in [5, 5.41) is 13.4. The summed E-state index contributed by atoms with van der Waals surface area (Å²) in [6.45, 7) is 3.43. The van der Waals surface area contributed by atoms with Crippen LogP contribution in [0.4, 0.5) is 5.69 Å². The van der Waals surface area contributed by atoms with Crippen LogP contribution in [-0.2, 0) is 24.4 Å². The summed E-state index contributed by atoms with van der Waals surface area (Å²) >= 11 is 0. The maximum absolute atomic E-state index is 12.8. The molecule has 0 saturated heterocycles. The van der Waals surface area contributed by atoms with Crippen LogP contribution in [0, 0.1) is 0 Å². The fourth-order valence-electron chi connectivity index (χ4n) is 3.38. The van der Waals surface area contributed by atoms with Gasteiger partial charge in [-0.3, -0.25) is 14.4 Å². The zero-order valence-electron chi connectivity index (χ0n) is 13.4. The fraction of sp³-hybridized carbons (Fsp3) is 0.412. The van der Waals surface area contributed by atoms with Crippen molar-refractivity contribution in [1.29, 1.82) is 0 Å². The highest BCUT2D eigenvalue weighted by Crippen LogP contribution is 2.31. The Hall–Kier alpha value is -2.38. The Balaban J connectivity index is 1.45. The number of hydrogen-bond donors (Lipinski definition) is 1. The van der Waals surface area contributed by atoms with Crippen LogP contribution >= 0.6 is 0 Å². The van der Waals surface area contributed by atoms with Gasteiger partial charge in [-0.1, -0.05) is 12.1 Å². The van der Waals surface area contributed by atoms with E-state index in [0.29, 0.717) is 32.8 Å². The maximum Gasteiger partial charge on any atom is 0.241 e. The van der Waals surface area contributed by atoms with Gasteiger partial charge in [-0.25, -0.2) is 0 Å². The van der Waals surface area contributed by atoms with Gasteiger partial charge in [0.15, 0.2) is 0 Å². The monoisotopic (exact) mass is 328 g/mol. The van der Waals surface area contributed by atoms with Crippen molar-refractivity contribution in [2.45, 2.75) is 19.6 Å². The van der Waals surface area contributed by atoms with Gasteiger partial charge < -0.3 is 14.7 Å². The van der Waals surface area contributed by atoms with E-state index in [9.17, 15) is 4.79 Å². The van der Waals surface area contributed by atoms with Crippen LogP contribution in [0.1, 0.15) is 11.3 Å². The second-order valence-corrected chi connectivity index (χ2v) is 6.07. The number of nitrogens with zero attached hydrogens (tertiary/aromatic N) is 4. The molecule has 1 aromatic carbocycles. The summed E-state index contributed by atoms with van der Waals surface area (Å²) in [4.78, 5) is 16.7. The third kappa shape index (κ3) is 2.65. The number of aromatic nitrogens is 2. The zero-order chi connectivity index (χ0) is 16.5. The lowest BCUT2D eigenvalue weighted by Gasteiger charge is -2.30. The van der Waals surface area contributed by atoms with E-state index in [1.807, 2.05) is 40.0 Å². The topological polar surface area (TPSA) is 70.8 Å². The van der Waals surface area contributed by atoms with Gasteiger partial charge in [0.1, 0.15) is 12.4 Å². The molecule has 3 heterocycles. The van der Waals surface area contributed by atoms with Crippen molar-refractivity contribution < 1.29 is 14.6 Å². The van der Waals surface area contributed by atoms with Gasteiger partial charge in [-0.2, -0.15) is 5.10 Å². The molecular formula is C17H20N4O3. The molecule has 7 nitrogen and oxygen atoms in total. The first-order valence-electron chi connectivity index (χ1n) is 8.15. The molecule has 2 aromatic rings. The predicted octanol–water partition coefficient (Wildman–Crippen LogP) is 0.617. The molecule has 4 rings (SSSR count). The van der Waals surface area contributed by atoms with Gasteiger partial charge in [0.2, 0.25) is 5.91 Å². The lowest BCUT2D eigenvalue weighted by Crippen LogP contribution is -2.43. The van der Waals surface area contributed by atoms with E-state index < -0.39 is 0 Å². The Bertz CT molecular complexity index is 758. The molecule has 1 aromatic heterocycles. The summed E-state index contributed by atoms with van der Waals surface area (Å²) in [7, 11) is 0. The van der Waals surface area contributed by atoms with Crippen molar-refractivity contribution in [3.05, 3.63) is 41.7 Å². The lowest BCUT2D eigenvalue weighted by molar-refractivity contribution is -0.120. The molecule has 7 heteroatoms. The van der Waals surface area contributed by atoms with Crippen molar-refractivity contribution >= 4 is 11.6 Å². The lowest BCUT2D eigenvalue weighted by atomic mass is 10.2. The molecule has 0 radical (unpaired) electrons. The van der Waals surface area contributed by atoms with Gasteiger partial charge >= 0.3 is 0 Å². The van der Waals surface area contributed by atoms with Crippen LogP contribution in [0.5, 0.6) is 5.75 Å². The summed E-state index contributed by atoms with van der Waals surface area (Å²) in [6.07, 6.45) is 1.83. The summed E-state index contributed by atoms with van der Waals surface area (Å²) in [6, 6.07) is 7.65. The number of aliphatic hydroxyl groups excluding tert-OH is 1. The first kappa shape index (κ1) is 15.2. The minimum Gasteiger partial charge on any atom is -0.490 e. The van der Waals surface area contributed by atoms with Crippen molar-refractivity contribution in [1.82, 2.24) is 14.7 Å². The molecule has 0 fully saturated rings. The van der Waals surface area contributed by atoms with Crippen molar-refractivity contribution in [2.75, 3.05) is 31.2 Å². The predicted molar refractivity (Wildman–Crippen MR) is 87.7 cm³/mol. The molecule has 0 saturated carbocycles. The molecule has 1 amide bonds. The molecule has 24 heavy (non-hydrogen) atoms. The highest BCUT2D eigenvalue weighted by Gasteiger charge is 2.29. The number of amides is 1. The summed E-state index contributed by atoms with van der Waals surface area (Å²) < 4.78 is 7.44. The van der Waals surface area contributed by atoms with Gasteiger partial charge in [0.05, 0.1) is 43.8 Å². The number of aliphatic hydroxyl groups is 1. The van der Waals surface area contributed by atoms with E-state index in [-0.39, 0.29) is 12.5 Å². The van der Waals surface area contributed by atoms with E-state index in [1.165, 1.54) is 0 Å². The van der Waals surface area contributed by atoms with Gasteiger partial charge in [0, 0.05) is 18.7 Å². The molecule has 0 atom stereocenters. The second kappa shape index (κ2) is 6.26. The molecule has 126 valence electrons. The van der Waals surface area contributed by atoms with Gasteiger partial charge in [0.25, 0.3) is 0 Å². The highest BCUT2D eigenvalue weighted by atomic mass is 16.5. The number of benzene rings is 1. The van der Waals surface area contributed by atoms with E-state index in [1.54, 1.807) is 0 Å². The quantitative estimate of drug-likeness (QED) is 0.891. The molecule has 1 N–H and O–H groups in total.